The fraction of sp³-hybridized carbons (Fsp3) is 0.205. The minimum absolute atomic E-state index is 0.290. The van der Waals surface area contributed by atoms with E-state index in [1.54, 1.807) is 25.4 Å². The number of anilines is 5. The fourth-order valence-electron chi connectivity index (χ4n) is 6.95. The molecule has 0 radical (unpaired) electrons. The summed E-state index contributed by atoms with van der Waals surface area (Å²) in [6.45, 7) is 3.99. The Hall–Kier alpha value is -6.41. The Morgan fingerprint density at radius 2 is 1.77 bits per heavy atom. The molecule has 3 aromatic carbocycles. The molecule has 1 fully saturated rings. The smallest absolute Gasteiger partial charge is 0.256 e. The molecule has 0 atom stereocenters. The molecule has 2 aliphatic rings. The maximum Gasteiger partial charge on any atom is 0.256 e. The summed E-state index contributed by atoms with van der Waals surface area (Å²) in [5, 5.41) is 12.4. The van der Waals surface area contributed by atoms with E-state index in [0.717, 1.165) is 43.1 Å². The number of H-pyrrole nitrogens is 1. The molecule has 53 heavy (non-hydrogen) atoms. The highest BCUT2D eigenvalue weighted by atomic mass is 19.1. The van der Waals surface area contributed by atoms with Crippen LogP contribution in [0, 0.1) is 11.6 Å². The van der Waals surface area contributed by atoms with Crippen molar-refractivity contribution in [2.45, 2.75) is 13.0 Å². The standard InChI is InChI=1S/C39H36F2N10O2/c1-42-37(52)30-21-45-39(49-36(30)48-33-4-2-3-12-43-33)46-26-7-9-27(10-8-26)51-16-14-50(15-17-51)22-24-6-5-23(18-31(24)41)35-28-11-13-44-38(53)29-19-25(40)20-32(47-35)34(28)29/h2-10,12,18-21,47H,11,13-17,22H2,1H3,(H,42,52)(H,44,53)(H2,43,45,46,48,49). The molecule has 3 aromatic heterocycles. The van der Waals surface area contributed by atoms with Crippen molar-refractivity contribution in [1.82, 2.24) is 35.5 Å². The molecule has 0 aliphatic carbocycles. The maximum atomic E-state index is 15.6. The van der Waals surface area contributed by atoms with Gasteiger partial charge in [-0.25, -0.2) is 18.7 Å². The van der Waals surface area contributed by atoms with Gasteiger partial charge < -0.3 is 31.2 Å². The first-order chi connectivity index (χ1) is 25.8. The fourth-order valence-corrected chi connectivity index (χ4v) is 6.95. The van der Waals surface area contributed by atoms with Gasteiger partial charge in [0.15, 0.2) is 0 Å². The zero-order chi connectivity index (χ0) is 36.5. The minimum Gasteiger partial charge on any atom is -0.369 e. The number of rotatable bonds is 9. The van der Waals surface area contributed by atoms with Crippen LogP contribution in [-0.2, 0) is 13.0 Å². The number of halogens is 2. The summed E-state index contributed by atoms with van der Waals surface area (Å²) < 4.78 is 29.9. The summed E-state index contributed by atoms with van der Waals surface area (Å²) in [5.74, 6) is -0.235. The van der Waals surface area contributed by atoms with Gasteiger partial charge in [-0.1, -0.05) is 18.2 Å². The normalized spacial score (nSPS) is 14.5. The second-order valence-electron chi connectivity index (χ2n) is 13.0. The summed E-state index contributed by atoms with van der Waals surface area (Å²) in [6.07, 6.45) is 3.67. The van der Waals surface area contributed by atoms with E-state index in [1.807, 2.05) is 42.5 Å². The summed E-state index contributed by atoms with van der Waals surface area (Å²) >= 11 is 0. The largest absolute Gasteiger partial charge is 0.369 e. The summed E-state index contributed by atoms with van der Waals surface area (Å²) in [4.78, 5) is 45.9. The Kier molecular flexibility index (Phi) is 9.10. The Morgan fingerprint density at radius 1 is 0.943 bits per heavy atom. The predicted octanol–water partition coefficient (Wildman–Crippen LogP) is 5.75. The lowest BCUT2D eigenvalue weighted by Crippen LogP contribution is -2.46. The van der Waals surface area contributed by atoms with Crippen molar-refractivity contribution in [1.29, 1.82) is 0 Å². The summed E-state index contributed by atoms with van der Waals surface area (Å²) in [5.41, 5.74) is 5.82. The highest BCUT2D eigenvalue weighted by Gasteiger charge is 2.25. The molecule has 0 saturated carbocycles. The summed E-state index contributed by atoms with van der Waals surface area (Å²) in [6, 6.07) is 21.3. The highest BCUT2D eigenvalue weighted by Crippen LogP contribution is 2.35. The van der Waals surface area contributed by atoms with Crippen LogP contribution in [0.1, 0.15) is 31.8 Å². The lowest BCUT2D eigenvalue weighted by Gasteiger charge is -2.36. The van der Waals surface area contributed by atoms with E-state index in [1.165, 1.54) is 24.4 Å². The van der Waals surface area contributed by atoms with Gasteiger partial charge in [0.05, 0.1) is 5.56 Å². The number of nitrogens with zero attached hydrogens (tertiary/aromatic N) is 5. The van der Waals surface area contributed by atoms with E-state index >= 15 is 4.39 Å². The van der Waals surface area contributed by atoms with Crippen molar-refractivity contribution in [3.05, 3.63) is 119 Å². The van der Waals surface area contributed by atoms with Crippen LogP contribution in [0.3, 0.4) is 0 Å². The Balaban J connectivity index is 0.899. The lowest BCUT2D eigenvalue weighted by atomic mass is 9.99. The quantitative estimate of drug-likeness (QED) is 0.127. The number of nitrogens with one attached hydrogen (secondary N) is 5. The van der Waals surface area contributed by atoms with E-state index in [9.17, 15) is 14.0 Å². The Morgan fingerprint density at radius 3 is 2.53 bits per heavy atom. The third kappa shape index (κ3) is 6.96. The van der Waals surface area contributed by atoms with Gasteiger partial charge in [0, 0.05) is 97.8 Å². The number of hydrogen-bond acceptors (Lipinski definition) is 9. The van der Waals surface area contributed by atoms with Crippen LogP contribution in [0.4, 0.5) is 37.7 Å². The van der Waals surface area contributed by atoms with Crippen molar-refractivity contribution in [2.24, 2.45) is 0 Å². The number of carbonyl (C=O) groups is 2. The average Bonchev–Trinajstić information content (AvgIpc) is 3.45. The number of aromatic nitrogens is 4. The lowest BCUT2D eigenvalue weighted by molar-refractivity contribution is 0.0951. The van der Waals surface area contributed by atoms with Crippen LogP contribution in [0.5, 0.6) is 0 Å². The Bertz CT molecular complexity index is 2320. The van der Waals surface area contributed by atoms with Crippen LogP contribution in [-0.4, -0.2) is 76.4 Å². The molecular formula is C39H36F2N10O2. The van der Waals surface area contributed by atoms with E-state index in [2.05, 4.69) is 51.0 Å². The van der Waals surface area contributed by atoms with Gasteiger partial charge in [-0.3, -0.25) is 14.5 Å². The zero-order valence-corrected chi connectivity index (χ0v) is 28.8. The number of pyridine rings is 1. The molecule has 8 rings (SSSR count). The molecule has 12 nitrogen and oxygen atoms in total. The topological polar surface area (TPSA) is 143 Å². The van der Waals surface area contributed by atoms with Crippen LogP contribution in [0.2, 0.25) is 0 Å². The average molecular weight is 715 g/mol. The van der Waals surface area contributed by atoms with Crippen LogP contribution in [0.25, 0.3) is 22.2 Å². The molecular weight excluding hydrogens is 678 g/mol. The van der Waals surface area contributed by atoms with Crippen molar-refractivity contribution >= 4 is 51.7 Å². The molecule has 2 aliphatic heterocycles. The van der Waals surface area contributed by atoms with E-state index < -0.39 is 5.82 Å². The van der Waals surface area contributed by atoms with Crippen molar-refractivity contribution in [2.75, 3.05) is 55.3 Å². The monoisotopic (exact) mass is 714 g/mol. The number of hydrogen-bond donors (Lipinski definition) is 5. The van der Waals surface area contributed by atoms with Gasteiger partial charge in [0.1, 0.15) is 28.8 Å². The molecule has 0 spiro atoms. The molecule has 0 unspecified atom stereocenters. The van der Waals surface area contributed by atoms with Crippen LogP contribution in [0.15, 0.2) is 85.2 Å². The number of benzene rings is 3. The molecule has 5 N–H and O–H groups in total. The third-order valence-corrected chi connectivity index (χ3v) is 9.64. The second-order valence-corrected chi connectivity index (χ2v) is 13.0. The second kappa shape index (κ2) is 14.3. The number of aromatic amines is 1. The van der Waals surface area contributed by atoms with Gasteiger partial charge in [-0.2, -0.15) is 4.98 Å². The highest BCUT2D eigenvalue weighted by molar-refractivity contribution is 6.10. The number of piperazine rings is 1. The molecule has 14 heteroatoms. The maximum absolute atomic E-state index is 15.6. The van der Waals surface area contributed by atoms with Gasteiger partial charge in [-0.05, 0) is 66.6 Å². The van der Waals surface area contributed by atoms with Gasteiger partial charge in [0.25, 0.3) is 11.8 Å². The van der Waals surface area contributed by atoms with Crippen LogP contribution >= 0.6 is 0 Å². The van der Waals surface area contributed by atoms with Gasteiger partial charge in [0.2, 0.25) is 5.95 Å². The molecule has 6 aromatic rings. The zero-order valence-electron chi connectivity index (χ0n) is 28.8. The third-order valence-electron chi connectivity index (χ3n) is 9.64. The first kappa shape index (κ1) is 33.7. The molecule has 2 amide bonds. The number of carbonyl (C=O) groups excluding carboxylic acids is 2. The van der Waals surface area contributed by atoms with Crippen molar-refractivity contribution < 1.29 is 18.4 Å². The van der Waals surface area contributed by atoms with Crippen molar-refractivity contribution in [3.8, 4) is 11.3 Å². The minimum atomic E-state index is -0.498. The molecule has 268 valence electrons. The molecule has 5 heterocycles. The van der Waals surface area contributed by atoms with E-state index in [4.69, 9.17) is 0 Å². The summed E-state index contributed by atoms with van der Waals surface area (Å²) in [7, 11) is 1.55. The first-order valence-electron chi connectivity index (χ1n) is 17.4. The van der Waals surface area contributed by atoms with E-state index in [0.29, 0.717) is 70.4 Å². The SMILES string of the molecule is CNC(=O)c1cnc(Nc2ccc(N3CCN(Cc4ccc(-c5[nH]c6cc(F)cc7c6c5CCNC7=O)cc4F)CC3)cc2)nc1Nc1ccccn1. The van der Waals surface area contributed by atoms with Crippen molar-refractivity contribution in [3.63, 3.8) is 0 Å². The van der Waals surface area contributed by atoms with Gasteiger partial charge >= 0.3 is 0 Å². The predicted molar refractivity (Wildman–Crippen MR) is 200 cm³/mol. The number of amides is 2. The molecule has 1 saturated heterocycles. The molecule has 0 bridgehead atoms. The van der Waals surface area contributed by atoms with E-state index in [-0.39, 0.29) is 23.2 Å². The Labute approximate surface area is 303 Å². The first-order valence-corrected chi connectivity index (χ1v) is 17.4. The van der Waals surface area contributed by atoms with Crippen LogP contribution < -0.4 is 26.2 Å². The van der Waals surface area contributed by atoms with Gasteiger partial charge in [-0.15, -0.1) is 0 Å².